The molecule has 3 atom stereocenters. The van der Waals surface area contributed by atoms with Gasteiger partial charge in [-0.15, -0.1) is 0 Å². The minimum atomic E-state index is -0.118. The van der Waals surface area contributed by atoms with Crippen molar-refractivity contribution in [1.82, 2.24) is 15.5 Å². The normalized spacial score (nSPS) is 27.2. The van der Waals surface area contributed by atoms with Crippen LogP contribution in [-0.4, -0.2) is 67.4 Å². The molecule has 2 saturated heterocycles. The van der Waals surface area contributed by atoms with Crippen molar-refractivity contribution in [3.05, 3.63) is 35.4 Å². The average Bonchev–Trinajstić information content (AvgIpc) is 3.16. The highest BCUT2D eigenvalue weighted by atomic mass is 16.5. The van der Waals surface area contributed by atoms with Crippen LogP contribution in [0.3, 0.4) is 0 Å². The number of benzene rings is 1. The molecule has 2 fully saturated rings. The monoisotopic (exact) mass is 416 g/mol. The second-order valence-electron chi connectivity index (χ2n) is 8.62. The maximum absolute atomic E-state index is 12.8. The van der Waals surface area contributed by atoms with E-state index < -0.39 is 0 Å². The van der Waals surface area contributed by atoms with Crippen molar-refractivity contribution in [3.8, 4) is 0 Å². The van der Waals surface area contributed by atoms with E-state index in [1.165, 1.54) is 0 Å². The van der Waals surface area contributed by atoms with E-state index in [4.69, 9.17) is 9.47 Å². The van der Waals surface area contributed by atoms with Gasteiger partial charge in [0.15, 0.2) is 5.96 Å². The number of carbonyl (C=O) groups is 1. The average molecular weight is 417 g/mol. The molecule has 0 spiro atoms. The Morgan fingerprint density at radius 1 is 1.20 bits per heavy atom. The fraction of sp³-hybridized carbons (Fsp3) is 0.652. The number of rotatable bonds is 6. The van der Waals surface area contributed by atoms with Crippen molar-refractivity contribution in [3.63, 3.8) is 0 Å². The van der Waals surface area contributed by atoms with Crippen LogP contribution in [0.4, 0.5) is 0 Å². The number of guanidine groups is 1. The zero-order valence-electron chi connectivity index (χ0n) is 18.7. The Morgan fingerprint density at radius 2 is 1.90 bits per heavy atom. The summed E-state index contributed by atoms with van der Waals surface area (Å²) in [5, 5.41) is 6.68. The van der Waals surface area contributed by atoms with E-state index in [1.807, 2.05) is 43.0 Å². The molecule has 0 bridgehead atoms. The molecule has 1 aromatic carbocycles. The predicted molar refractivity (Wildman–Crippen MR) is 119 cm³/mol. The Hall–Kier alpha value is -2.12. The van der Waals surface area contributed by atoms with Crippen LogP contribution in [0.2, 0.25) is 0 Å². The molecule has 7 heteroatoms. The summed E-state index contributed by atoms with van der Waals surface area (Å²) >= 11 is 0. The first-order chi connectivity index (χ1) is 14.4. The van der Waals surface area contributed by atoms with E-state index in [0.717, 1.165) is 44.1 Å². The lowest BCUT2D eigenvalue weighted by Crippen LogP contribution is -2.48. The predicted octanol–water partition coefficient (Wildman–Crippen LogP) is 2.56. The molecule has 2 heterocycles. The van der Waals surface area contributed by atoms with Crippen LogP contribution in [0.15, 0.2) is 29.3 Å². The van der Waals surface area contributed by atoms with E-state index in [0.29, 0.717) is 25.2 Å². The molecular weight excluding hydrogens is 380 g/mol. The third-order valence-corrected chi connectivity index (χ3v) is 5.60. The van der Waals surface area contributed by atoms with Gasteiger partial charge >= 0.3 is 0 Å². The minimum Gasteiger partial charge on any atom is -0.373 e. The largest absolute Gasteiger partial charge is 0.373 e. The van der Waals surface area contributed by atoms with E-state index in [2.05, 4.69) is 29.5 Å². The third kappa shape index (κ3) is 6.19. The summed E-state index contributed by atoms with van der Waals surface area (Å²) < 4.78 is 11.6. The van der Waals surface area contributed by atoms with Crippen molar-refractivity contribution in [2.45, 2.75) is 64.9 Å². The number of hydrogen-bond acceptors (Lipinski definition) is 4. The smallest absolute Gasteiger partial charge is 0.254 e. The molecule has 0 radical (unpaired) electrons. The molecule has 7 nitrogen and oxygen atoms in total. The number of carbonyl (C=O) groups excluding carboxylic acids is 1. The molecule has 30 heavy (non-hydrogen) atoms. The van der Waals surface area contributed by atoms with Crippen LogP contribution in [0.25, 0.3) is 0 Å². The maximum atomic E-state index is 12.8. The Labute approximate surface area is 180 Å². The zero-order valence-corrected chi connectivity index (χ0v) is 18.7. The van der Waals surface area contributed by atoms with Crippen LogP contribution >= 0.6 is 0 Å². The summed E-state index contributed by atoms with van der Waals surface area (Å²) in [4.78, 5) is 19.4. The molecule has 166 valence electrons. The molecule has 2 N–H and O–H groups in total. The topological polar surface area (TPSA) is 75.2 Å². The van der Waals surface area contributed by atoms with Gasteiger partial charge in [0.2, 0.25) is 0 Å². The molecular formula is C23H36N4O3. The highest BCUT2D eigenvalue weighted by Crippen LogP contribution is 2.23. The van der Waals surface area contributed by atoms with Crippen LogP contribution in [-0.2, 0) is 16.0 Å². The fourth-order valence-corrected chi connectivity index (χ4v) is 4.04. The van der Waals surface area contributed by atoms with Crippen molar-refractivity contribution < 1.29 is 14.3 Å². The van der Waals surface area contributed by atoms with Gasteiger partial charge in [-0.25, -0.2) is 4.99 Å². The molecule has 2 aliphatic rings. The number of ether oxygens (including phenoxy) is 2. The summed E-state index contributed by atoms with van der Waals surface area (Å²) in [6.45, 7) is 12.4. The summed E-state index contributed by atoms with van der Waals surface area (Å²) in [5.41, 5.74) is 1.66. The quantitative estimate of drug-likeness (QED) is 0.551. The second-order valence-corrected chi connectivity index (χ2v) is 8.62. The first-order valence-corrected chi connectivity index (χ1v) is 11.1. The van der Waals surface area contributed by atoms with Crippen molar-refractivity contribution >= 4 is 11.9 Å². The first kappa shape index (κ1) is 22.6. The number of nitrogens with zero attached hydrogens (tertiary/aromatic N) is 2. The van der Waals surface area contributed by atoms with Crippen LogP contribution in [0.1, 0.15) is 56.5 Å². The van der Waals surface area contributed by atoms with Gasteiger partial charge in [-0.1, -0.05) is 12.1 Å². The van der Waals surface area contributed by atoms with Crippen LogP contribution < -0.4 is 10.6 Å². The zero-order chi connectivity index (χ0) is 21.6. The SMILES string of the molecule is CCNC(=NCc1ccc(C(=O)N2CC(C)OC(C)C2)cc1)NCC1(C)CCCO1. The number of aliphatic imine (C=N–C) groups is 1. The molecule has 0 saturated carbocycles. The first-order valence-electron chi connectivity index (χ1n) is 11.1. The van der Waals surface area contributed by atoms with Gasteiger partial charge in [-0.05, 0) is 58.2 Å². The highest BCUT2D eigenvalue weighted by molar-refractivity contribution is 5.94. The fourth-order valence-electron chi connectivity index (χ4n) is 4.04. The molecule has 3 rings (SSSR count). The lowest BCUT2D eigenvalue weighted by atomic mass is 10.0. The van der Waals surface area contributed by atoms with E-state index in [9.17, 15) is 4.79 Å². The Morgan fingerprint density at radius 3 is 2.50 bits per heavy atom. The summed E-state index contributed by atoms with van der Waals surface area (Å²) in [7, 11) is 0. The Kier molecular flexibility index (Phi) is 7.72. The Bertz CT molecular complexity index is 718. The number of amides is 1. The van der Waals surface area contributed by atoms with Gasteiger partial charge in [-0.3, -0.25) is 4.79 Å². The molecule has 0 aromatic heterocycles. The maximum Gasteiger partial charge on any atom is 0.254 e. The number of hydrogen-bond donors (Lipinski definition) is 2. The minimum absolute atomic E-state index is 0.0619. The van der Waals surface area contributed by atoms with Gasteiger partial charge in [0.25, 0.3) is 5.91 Å². The van der Waals surface area contributed by atoms with Gasteiger partial charge in [0, 0.05) is 38.3 Å². The Balaban J connectivity index is 1.57. The summed E-state index contributed by atoms with van der Waals surface area (Å²) in [6.07, 6.45) is 2.31. The lowest BCUT2D eigenvalue weighted by molar-refractivity contribution is -0.0586. The molecule has 1 aromatic rings. The molecule has 0 aliphatic carbocycles. The van der Waals surface area contributed by atoms with Crippen LogP contribution in [0, 0.1) is 0 Å². The number of morpholine rings is 1. The van der Waals surface area contributed by atoms with Gasteiger partial charge in [-0.2, -0.15) is 0 Å². The molecule has 1 amide bonds. The second kappa shape index (κ2) is 10.3. The molecule has 2 aliphatic heterocycles. The van der Waals surface area contributed by atoms with Crippen molar-refractivity contribution in [2.24, 2.45) is 4.99 Å². The van der Waals surface area contributed by atoms with E-state index in [1.54, 1.807) is 0 Å². The van der Waals surface area contributed by atoms with Gasteiger partial charge in [0.1, 0.15) is 0 Å². The van der Waals surface area contributed by atoms with E-state index in [-0.39, 0.29) is 23.7 Å². The standard InChI is InChI=1S/C23H36N4O3/c1-5-24-22(26-16-23(4)11-6-12-29-23)25-13-19-7-9-20(10-8-19)21(28)27-14-17(2)30-18(3)15-27/h7-10,17-18H,5-6,11-16H2,1-4H3,(H2,24,25,26). The third-order valence-electron chi connectivity index (χ3n) is 5.60. The summed E-state index contributed by atoms with van der Waals surface area (Å²) in [6, 6.07) is 7.75. The molecule has 3 unspecified atom stereocenters. The van der Waals surface area contributed by atoms with Crippen LogP contribution in [0.5, 0.6) is 0 Å². The lowest BCUT2D eigenvalue weighted by Gasteiger charge is -2.35. The highest BCUT2D eigenvalue weighted by Gasteiger charge is 2.29. The number of nitrogens with one attached hydrogen (secondary N) is 2. The van der Waals surface area contributed by atoms with Crippen molar-refractivity contribution in [1.29, 1.82) is 0 Å². The van der Waals surface area contributed by atoms with Crippen molar-refractivity contribution in [2.75, 3.05) is 32.8 Å². The van der Waals surface area contributed by atoms with Gasteiger partial charge in [0.05, 0.1) is 24.4 Å². The summed E-state index contributed by atoms with van der Waals surface area (Å²) in [5.74, 6) is 0.845. The van der Waals surface area contributed by atoms with Gasteiger partial charge < -0.3 is 25.0 Å². The van der Waals surface area contributed by atoms with E-state index >= 15 is 0 Å².